The average Bonchev–Trinajstić information content (AvgIpc) is 2.78. The molecule has 0 fully saturated rings. The number of aromatic hydroxyl groups is 1. The van der Waals surface area contributed by atoms with E-state index in [0.717, 1.165) is 0 Å². The number of hydrogen-bond donors (Lipinski definition) is 4. The molecule has 3 rings (SSSR count). The van der Waals surface area contributed by atoms with E-state index < -0.39 is 0 Å². The second kappa shape index (κ2) is 10.6. The summed E-state index contributed by atoms with van der Waals surface area (Å²) in [5, 5.41) is 25.9. The topological polar surface area (TPSA) is 133 Å². The number of nitrogens with one attached hydrogen (secondary N) is 2. The van der Waals surface area contributed by atoms with E-state index in [0.29, 0.717) is 46.2 Å². The standard InChI is InChI=1S/C23H22ClN5O3/c1-32-9-8-27-13-22(31)28-20-10-14(6-7-18(20)24)16-11-19(29-23(26)17(16)12-25)15-4-2-3-5-21(15)30/h2-7,10-11,27,30H,8-9,13H2,1H3,(H2,26,29)(H,28,31). The normalized spacial score (nSPS) is 10.5. The number of methoxy groups -OCH3 is 1. The van der Waals surface area contributed by atoms with Gasteiger partial charge < -0.3 is 26.2 Å². The Balaban J connectivity index is 1.97. The molecule has 0 aliphatic heterocycles. The number of nitrogens with two attached hydrogens (primary N) is 1. The first kappa shape index (κ1) is 23.0. The third-order valence-electron chi connectivity index (χ3n) is 4.66. The summed E-state index contributed by atoms with van der Waals surface area (Å²) in [7, 11) is 1.58. The maximum atomic E-state index is 12.2. The molecule has 1 heterocycles. The smallest absolute Gasteiger partial charge is 0.238 e. The molecule has 0 saturated heterocycles. The van der Waals surface area contributed by atoms with E-state index >= 15 is 0 Å². The third kappa shape index (κ3) is 5.34. The van der Waals surface area contributed by atoms with Gasteiger partial charge >= 0.3 is 0 Å². The first-order valence-electron chi connectivity index (χ1n) is 9.73. The van der Waals surface area contributed by atoms with E-state index in [1.54, 1.807) is 55.6 Å². The quantitative estimate of drug-likeness (QED) is 0.385. The molecule has 0 spiro atoms. The Morgan fingerprint density at radius 1 is 1.25 bits per heavy atom. The Labute approximate surface area is 190 Å². The lowest BCUT2D eigenvalue weighted by atomic mass is 9.97. The molecule has 164 valence electrons. The second-order valence-electron chi connectivity index (χ2n) is 6.86. The first-order valence-corrected chi connectivity index (χ1v) is 10.1. The first-order chi connectivity index (χ1) is 15.4. The number of nitrogens with zero attached hydrogens (tertiary/aromatic N) is 2. The van der Waals surface area contributed by atoms with Crippen molar-refractivity contribution < 1.29 is 14.6 Å². The molecule has 1 amide bonds. The SMILES string of the molecule is COCCNCC(=O)Nc1cc(-c2cc(-c3ccccc3O)nc(N)c2C#N)ccc1Cl. The van der Waals surface area contributed by atoms with Gasteiger partial charge in [0.1, 0.15) is 23.2 Å². The molecule has 9 heteroatoms. The molecular formula is C23H22ClN5O3. The fourth-order valence-corrected chi connectivity index (χ4v) is 3.26. The van der Waals surface area contributed by atoms with Gasteiger partial charge in [-0.3, -0.25) is 4.79 Å². The highest BCUT2D eigenvalue weighted by Gasteiger charge is 2.16. The summed E-state index contributed by atoms with van der Waals surface area (Å²) in [5.41, 5.74) is 8.65. The molecule has 8 nitrogen and oxygen atoms in total. The van der Waals surface area contributed by atoms with E-state index in [9.17, 15) is 15.2 Å². The molecular weight excluding hydrogens is 430 g/mol. The third-order valence-corrected chi connectivity index (χ3v) is 4.99. The van der Waals surface area contributed by atoms with E-state index in [2.05, 4.69) is 21.7 Å². The van der Waals surface area contributed by atoms with Crippen LogP contribution in [0.15, 0.2) is 48.5 Å². The van der Waals surface area contributed by atoms with Gasteiger partial charge in [-0.2, -0.15) is 5.26 Å². The number of hydrogen-bond acceptors (Lipinski definition) is 7. The predicted molar refractivity (Wildman–Crippen MR) is 124 cm³/mol. The molecule has 0 radical (unpaired) electrons. The number of ether oxygens (including phenoxy) is 1. The van der Waals surface area contributed by atoms with E-state index in [1.807, 2.05) is 0 Å². The molecule has 5 N–H and O–H groups in total. The lowest BCUT2D eigenvalue weighted by Gasteiger charge is -2.13. The largest absolute Gasteiger partial charge is 0.507 e. The number of rotatable bonds is 8. The van der Waals surface area contributed by atoms with Crippen molar-refractivity contribution in [3.05, 3.63) is 59.1 Å². The molecule has 32 heavy (non-hydrogen) atoms. The zero-order valence-electron chi connectivity index (χ0n) is 17.4. The maximum absolute atomic E-state index is 12.2. The minimum atomic E-state index is -0.273. The predicted octanol–water partition coefficient (Wildman–Crippen LogP) is 3.40. The van der Waals surface area contributed by atoms with Gasteiger partial charge in [-0.25, -0.2) is 4.98 Å². The van der Waals surface area contributed by atoms with Crippen LogP contribution in [0.25, 0.3) is 22.4 Å². The Morgan fingerprint density at radius 2 is 2.03 bits per heavy atom. The van der Waals surface area contributed by atoms with Crippen LogP contribution in [-0.4, -0.2) is 42.8 Å². The Hall–Kier alpha value is -3.64. The van der Waals surface area contributed by atoms with E-state index in [4.69, 9.17) is 22.1 Å². The Bertz CT molecular complexity index is 1180. The van der Waals surface area contributed by atoms with Gasteiger partial charge in [0.05, 0.1) is 29.6 Å². The molecule has 0 atom stereocenters. The van der Waals surface area contributed by atoms with Gasteiger partial charge in [0.15, 0.2) is 0 Å². The van der Waals surface area contributed by atoms with Crippen LogP contribution < -0.4 is 16.4 Å². The van der Waals surface area contributed by atoms with Crippen molar-refractivity contribution in [2.75, 3.05) is 37.9 Å². The summed E-state index contributed by atoms with van der Waals surface area (Å²) in [6.07, 6.45) is 0. The average molecular weight is 452 g/mol. The number of aromatic nitrogens is 1. The molecule has 2 aromatic carbocycles. The molecule has 1 aromatic heterocycles. The number of carbonyl (C=O) groups excluding carboxylic acids is 1. The number of para-hydroxylation sites is 1. The van der Waals surface area contributed by atoms with Gasteiger partial charge in [0.2, 0.25) is 5.91 Å². The number of benzene rings is 2. The summed E-state index contributed by atoms with van der Waals surface area (Å²) >= 11 is 6.27. The number of amides is 1. The highest BCUT2D eigenvalue weighted by Crippen LogP contribution is 2.36. The summed E-state index contributed by atoms with van der Waals surface area (Å²) in [6, 6.07) is 15.5. The molecule has 0 bridgehead atoms. The summed E-state index contributed by atoms with van der Waals surface area (Å²) in [5.74, 6) is -0.198. The fourth-order valence-electron chi connectivity index (χ4n) is 3.10. The zero-order valence-corrected chi connectivity index (χ0v) is 18.1. The molecule has 3 aromatic rings. The minimum Gasteiger partial charge on any atom is -0.507 e. The van der Waals surface area contributed by atoms with Crippen LogP contribution in [0.3, 0.4) is 0 Å². The number of halogens is 1. The van der Waals surface area contributed by atoms with Crippen LogP contribution >= 0.6 is 11.6 Å². The van der Waals surface area contributed by atoms with Crippen LogP contribution in [0.2, 0.25) is 5.02 Å². The number of anilines is 2. The fraction of sp³-hybridized carbons (Fsp3) is 0.174. The van der Waals surface area contributed by atoms with Crippen molar-refractivity contribution in [2.45, 2.75) is 0 Å². The number of phenols is 1. The van der Waals surface area contributed by atoms with Gasteiger partial charge in [0, 0.05) is 24.8 Å². The monoisotopic (exact) mass is 451 g/mol. The highest BCUT2D eigenvalue weighted by molar-refractivity contribution is 6.33. The second-order valence-corrected chi connectivity index (χ2v) is 7.26. The molecule has 0 unspecified atom stereocenters. The molecule has 0 aliphatic carbocycles. The van der Waals surface area contributed by atoms with Gasteiger partial charge in [-0.05, 0) is 35.9 Å². The van der Waals surface area contributed by atoms with Gasteiger partial charge in [0.25, 0.3) is 0 Å². The van der Waals surface area contributed by atoms with Crippen LogP contribution in [0.5, 0.6) is 5.75 Å². The van der Waals surface area contributed by atoms with E-state index in [1.165, 1.54) is 0 Å². The summed E-state index contributed by atoms with van der Waals surface area (Å²) in [6.45, 7) is 1.12. The summed E-state index contributed by atoms with van der Waals surface area (Å²) in [4.78, 5) is 16.5. The lowest BCUT2D eigenvalue weighted by Crippen LogP contribution is -2.30. The van der Waals surface area contributed by atoms with Gasteiger partial charge in [-0.1, -0.05) is 29.8 Å². The minimum absolute atomic E-state index is 0.0335. The van der Waals surface area contributed by atoms with E-state index in [-0.39, 0.29) is 29.6 Å². The van der Waals surface area contributed by atoms with Crippen LogP contribution in [-0.2, 0) is 9.53 Å². The maximum Gasteiger partial charge on any atom is 0.238 e. The van der Waals surface area contributed by atoms with Gasteiger partial charge in [-0.15, -0.1) is 0 Å². The van der Waals surface area contributed by atoms with Crippen molar-refractivity contribution >= 4 is 29.0 Å². The van der Waals surface area contributed by atoms with Crippen molar-refractivity contribution in [1.29, 1.82) is 5.26 Å². The van der Waals surface area contributed by atoms with Crippen molar-refractivity contribution in [1.82, 2.24) is 10.3 Å². The number of phenolic OH excluding ortho intramolecular Hbond substituents is 1. The zero-order chi connectivity index (χ0) is 23.1. The van der Waals surface area contributed by atoms with Crippen molar-refractivity contribution in [3.63, 3.8) is 0 Å². The van der Waals surface area contributed by atoms with Crippen LogP contribution in [0.4, 0.5) is 11.5 Å². The number of nitrogen functional groups attached to an aromatic ring is 1. The molecule has 0 aliphatic rings. The van der Waals surface area contributed by atoms with Crippen LogP contribution in [0.1, 0.15) is 5.56 Å². The van der Waals surface area contributed by atoms with Crippen molar-refractivity contribution in [2.24, 2.45) is 0 Å². The van der Waals surface area contributed by atoms with Crippen LogP contribution in [0, 0.1) is 11.3 Å². The Morgan fingerprint density at radius 3 is 2.75 bits per heavy atom. The lowest BCUT2D eigenvalue weighted by molar-refractivity contribution is -0.115. The summed E-state index contributed by atoms with van der Waals surface area (Å²) < 4.78 is 4.93. The number of pyridine rings is 1. The highest BCUT2D eigenvalue weighted by atomic mass is 35.5. The van der Waals surface area contributed by atoms with Crippen molar-refractivity contribution in [3.8, 4) is 34.2 Å². The number of carbonyl (C=O) groups is 1. The molecule has 0 saturated carbocycles. The Kier molecular flexibility index (Phi) is 7.63. The number of nitriles is 1.